The molecule has 12 heteroatoms. The Hall–Kier alpha value is -2.28. The molecule has 3 N–H and O–H groups in total. The minimum absolute atomic E-state index is 0.0698. The van der Waals surface area contributed by atoms with Gasteiger partial charge in [-0.05, 0) is 19.3 Å². The molecule has 0 radical (unpaired) electrons. The van der Waals surface area contributed by atoms with E-state index in [1.807, 2.05) is 0 Å². The molecule has 0 aromatic carbocycles. The largest absolute Gasteiger partial charge is 0.479 e. The van der Waals surface area contributed by atoms with E-state index in [1.54, 1.807) is 0 Å². The lowest BCUT2D eigenvalue weighted by Crippen LogP contribution is -2.61. The number of hydrogen-bond donors (Lipinski definition) is 3. The molecule has 73 heavy (non-hydrogen) atoms. The number of carboxylic acids is 1. The van der Waals surface area contributed by atoms with Gasteiger partial charge in [0.2, 0.25) is 0 Å². The van der Waals surface area contributed by atoms with Gasteiger partial charge in [-0.25, -0.2) is 4.79 Å². The minimum atomic E-state index is -1.89. The summed E-state index contributed by atoms with van der Waals surface area (Å²) in [5, 5.41) is 31.4. The quantitative estimate of drug-likeness (QED) is 0.0299. The first-order chi connectivity index (χ1) is 35.6. The lowest BCUT2D eigenvalue weighted by molar-refractivity contribution is -0.301. The first-order valence-electron chi connectivity index (χ1n) is 31.0. The number of carboxylic acid groups (broad SMARTS) is 1. The molecule has 430 valence electrons. The summed E-state index contributed by atoms with van der Waals surface area (Å²) < 4.78 is 28.5. The molecule has 1 fully saturated rings. The Kier molecular flexibility index (Phi) is 47.6. The molecular formula is C61H114O12. The van der Waals surface area contributed by atoms with Gasteiger partial charge in [-0.1, -0.05) is 278 Å². The molecule has 0 amide bonds. The van der Waals surface area contributed by atoms with E-state index in [1.165, 1.54) is 199 Å². The Morgan fingerprint density at radius 2 is 0.699 bits per heavy atom. The molecule has 1 rings (SSSR count). The van der Waals surface area contributed by atoms with Crippen LogP contribution in [-0.2, 0) is 42.9 Å². The average Bonchev–Trinajstić information content (AvgIpc) is 3.37. The van der Waals surface area contributed by atoms with E-state index in [2.05, 4.69) is 20.8 Å². The molecule has 6 unspecified atom stereocenters. The van der Waals surface area contributed by atoms with Gasteiger partial charge in [0.1, 0.15) is 18.8 Å². The fraction of sp³-hybridized carbons (Fsp3) is 0.934. The molecule has 0 bridgehead atoms. The van der Waals surface area contributed by atoms with Crippen molar-refractivity contribution in [1.29, 1.82) is 0 Å². The van der Waals surface area contributed by atoms with Gasteiger partial charge < -0.3 is 39.0 Å². The highest BCUT2D eigenvalue weighted by molar-refractivity contribution is 5.74. The van der Waals surface area contributed by atoms with Gasteiger partial charge in [0, 0.05) is 19.3 Å². The molecule has 0 aliphatic carbocycles. The molecule has 6 atom stereocenters. The number of hydrogen-bond acceptors (Lipinski definition) is 11. The van der Waals surface area contributed by atoms with E-state index in [4.69, 9.17) is 23.7 Å². The van der Waals surface area contributed by atoms with Crippen molar-refractivity contribution in [3.8, 4) is 0 Å². The van der Waals surface area contributed by atoms with Crippen LogP contribution in [0.4, 0.5) is 0 Å². The second-order valence-corrected chi connectivity index (χ2v) is 21.7. The maximum atomic E-state index is 13.2. The Labute approximate surface area is 446 Å². The number of aliphatic hydroxyl groups is 2. The third kappa shape index (κ3) is 40.6. The fourth-order valence-corrected chi connectivity index (χ4v) is 9.90. The van der Waals surface area contributed by atoms with Crippen molar-refractivity contribution < 1.29 is 58.2 Å². The monoisotopic (exact) mass is 1040 g/mol. The number of carbonyl (C=O) groups excluding carboxylic acids is 3. The van der Waals surface area contributed by atoms with Crippen molar-refractivity contribution in [2.45, 2.75) is 353 Å². The van der Waals surface area contributed by atoms with Crippen molar-refractivity contribution >= 4 is 23.9 Å². The van der Waals surface area contributed by atoms with Crippen LogP contribution >= 0.6 is 0 Å². The van der Waals surface area contributed by atoms with Crippen LogP contribution in [0.15, 0.2) is 0 Å². The summed E-state index contributed by atoms with van der Waals surface area (Å²) in [7, 11) is 0. The van der Waals surface area contributed by atoms with Crippen LogP contribution in [0.3, 0.4) is 0 Å². The molecule has 1 heterocycles. The van der Waals surface area contributed by atoms with Crippen LogP contribution < -0.4 is 0 Å². The van der Waals surface area contributed by atoms with Crippen LogP contribution in [0.1, 0.15) is 316 Å². The van der Waals surface area contributed by atoms with E-state index in [0.29, 0.717) is 19.3 Å². The molecule has 0 saturated carbocycles. The van der Waals surface area contributed by atoms with E-state index in [-0.39, 0.29) is 25.9 Å². The number of aliphatic hydroxyl groups excluding tert-OH is 2. The van der Waals surface area contributed by atoms with Crippen molar-refractivity contribution in [2.24, 2.45) is 0 Å². The standard InChI is InChI=1S/C61H114O12/c1-4-7-10-13-16-19-22-24-26-27-29-30-33-35-38-41-44-47-53(62)69-50-52(71-54(63)48-45-42-39-37-34-31-28-25-23-20-17-14-11-8-5-2)51-70-61-59(57(66)56(65)58(73-61)60(67)68)72-55(64)49-46-43-40-36-32-21-18-15-12-9-6-3/h52,56-59,61,65-66H,4-51H2,1-3H3,(H,67,68). The molecule has 1 saturated heterocycles. The summed E-state index contributed by atoms with van der Waals surface area (Å²) in [4.78, 5) is 51.1. The van der Waals surface area contributed by atoms with Crippen molar-refractivity contribution in [3.63, 3.8) is 0 Å². The van der Waals surface area contributed by atoms with Crippen LogP contribution in [-0.4, -0.2) is 89.2 Å². The van der Waals surface area contributed by atoms with Gasteiger partial charge in [-0.3, -0.25) is 14.4 Å². The first-order valence-corrected chi connectivity index (χ1v) is 31.0. The molecule has 0 aromatic rings. The lowest BCUT2D eigenvalue weighted by atomic mass is 9.98. The highest BCUT2D eigenvalue weighted by Gasteiger charge is 2.50. The molecular weight excluding hydrogens is 925 g/mol. The molecule has 0 aromatic heterocycles. The second kappa shape index (κ2) is 50.5. The first kappa shape index (κ1) is 68.7. The average molecular weight is 1040 g/mol. The van der Waals surface area contributed by atoms with Crippen molar-refractivity contribution in [2.75, 3.05) is 13.2 Å². The van der Waals surface area contributed by atoms with Crippen LogP contribution in [0.25, 0.3) is 0 Å². The number of aliphatic carboxylic acids is 1. The highest BCUT2D eigenvalue weighted by Crippen LogP contribution is 2.27. The molecule has 12 nitrogen and oxygen atoms in total. The van der Waals surface area contributed by atoms with Crippen LogP contribution in [0.5, 0.6) is 0 Å². The predicted octanol–water partition coefficient (Wildman–Crippen LogP) is 15.9. The summed E-state index contributed by atoms with van der Waals surface area (Å²) in [6, 6.07) is 0. The Morgan fingerprint density at radius 3 is 1.03 bits per heavy atom. The van der Waals surface area contributed by atoms with Gasteiger partial charge in [-0.15, -0.1) is 0 Å². The van der Waals surface area contributed by atoms with E-state index in [0.717, 1.165) is 57.8 Å². The maximum absolute atomic E-state index is 13.2. The van der Waals surface area contributed by atoms with Gasteiger partial charge in [0.05, 0.1) is 6.61 Å². The second-order valence-electron chi connectivity index (χ2n) is 21.7. The van der Waals surface area contributed by atoms with Gasteiger partial charge in [-0.2, -0.15) is 0 Å². The zero-order valence-electron chi connectivity index (χ0n) is 47.4. The van der Waals surface area contributed by atoms with Crippen molar-refractivity contribution in [1.82, 2.24) is 0 Å². The van der Waals surface area contributed by atoms with E-state index in [9.17, 15) is 34.5 Å². The SMILES string of the molecule is CCCCCCCCCCCCCCCCCCCC(=O)OCC(COC1OC(C(=O)O)C(O)C(O)C1OC(=O)CCCCCCCCCCCCC)OC(=O)CCCCCCCCCCCCCCCCC. The Morgan fingerprint density at radius 1 is 0.397 bits per heavy atom. The smallest absolute Gasteiger partial charge is 0.335 e. The van der Waals surface area contributed by atoms with Gasteiger partial charge in [0.25, 0.3) is 0 Å². The number of rotatable bonds is 54. The number of esters is 3. The minimum Gasteiger partial charge on any atom is -0.479 e. The maximum Gasteiger partial charge on any atom is 0.335 e. The van der Waals surface area contributed by atoms with E-state index >= 15 is 0 Å². The molecule has 1 aliphatic heterocycles. The number of ether oxygens (including phenoxy) is 5. The van der Waals surface area contributed by atoms with Gasteiger partial charge in [0.15, 0.2) is 24.6 Å². The van der Waals surface area contributed by atoms with Crippen LogP contribution in [0, 0.1) is 0 Å². The number of carbonyl (C=O) groups is 4. The predicted molar refractivity (Wildman–Crippen MR) is 294 cm³/mol. The normalized spacial score (nSPS) is 18.2. The lowest BCUT2D eigenvalue weighted by Gasteiger charge is -2.40. The third-order valence-electron chi connectivity index (χ3n) is 14.7. The summed E-state index contributed by atoms with van der Waals surface area (Å²) in [6.45, 7) is 6.03. The molecule has 1 aliphatic rings. The number of unbranched alkanes of at least 4 members (excludes halogenated alkanes) is 40. The zero-order chi connectivity index (χ0) is 53.3. The summed E-state index contributed by atoms with van der Waals surface area (Å²) >= 11 is 0. The van der Waals surface area contributed by atoms with E-state index < -0.39 is 67.3 Å². The summed E-state index contributed by atoms with van der Waals surface area (Å²) in [6.07, 6.45) is 42.2. The topological polar surface area (TPSA) is 175 Å². The zero-order valence-corrected chi connectivity index (χ0v) is 47.4. The highest BCUT2D eigenvalue weighted by atomic mass is 16.7. The van der Waals surface area contributed by atoms with Crippen LogP contribution in [0.2, 0.25) is 0 Å². The van der Waals surface area contributed by atoms with Crippen molar-refractivity contribution in [3.05, 3.63) is 0 Å². The third-order valence-corrected chi connectivity index (χ3v) is 14.7. The fourth-order valence-electron chi connectivity index (χ4n) is 9.90. The van der Waals surface area contributed by atoms with Gasteiger partial charge >= 0.3 is 23.9 Å². The summed E-state index contributed by atoms with van der Waals surface area (Å²) in [5.41, 5.74) is 0. The summed E-state index contributed by atoms with van der Waals surface area (Å²) in [5.74, 6) is -3.07. The Balaban J connectivity index is 2.64. The molecule has 0 spiro atoms. The Bertz CT molecular complexity index is 1280.